The first-order chi connectivity index (χ1) is 14.1. The smallest absolute Gasteiger partial charge is 0.253 e. The van der Waals surface area contributed by atoms with Gasteiger partial charge in [0.2, 0.25) is 5.95 Å². The molecule has 4 rings (SSSR count). The molecule has 0 aliphatic carbocycles. The molecule has 1 saturated heterocycles. The first kappa shape index (κ1) is 19.6. The van der Waals surface area contributed by atoms with Crippen molar-refractivity contribution in [3.63, 3.8) is 0 Å². The SMILES string of the molecule is CN(C)C(=O)c1cccc(CSc2nnc(N3CCCC3)n2Cc2ccco2)c1. The Hall–Kier alpha value is -2.74. The molecular weight excluding hydrogens is 386 g/mol. The molecule has 1 amide bonds. The fourth-order valence-electron chi connectivity index (χ4n) is 3.44. The predicted octanol–water partition coefficient (Wildman–Crippen LogP) is 3.51. The molecule has 29 heavy (non-hydrogen) atoms. The van der Waals surface area contributed by atoms with Crippen LogP contribution in [0.15, 0.2) is 52.2 Å². The maximum atomic E-state index is 12.2. The maximum absolute atomic E-state index is 12.2. The Labute approximate surface area is 174 Å². The number of carbonyl (C=O) groups is 1. The molecule has 1 aliphatic heterocycles. The first-order valence-corrected chi connectivity index (χ1v) is 10.7. The Kier molecular flexibility index (Phi) is 5.89. The largest absolute Gasteiger partial charge is 0.467 e. The van der Waals surface area contributed by atoms with Gasteiger partial charge in [-0.3, -0.25) is 9.36 Å². The fourth-order valence-corrected chi connectivity index (χ4v) is 4.31. The lowest BCUT2D eigenvalue weighted by atomic mass is 10.1. The van der Waals surface area contributed by atoms with E-state index in [0.29, 0.717) is 17.9 Å². The minimum Gasteiger partial charge on any atom is -0.467 e. The lowest BCUT2D eigenvalue weighted by Gasteiger charge is -2.17. The summed E-state index contributed by atoms with van der Waals surface area (Å²) in [5, 5.41) is 9.79. The van der Waals surface area contributed by atoms with Crippen molar-refractivity contribution in [2.45, 2.75) is 30.3 Å². The highest BCUT2D eigenvalue weighted by Crippen LogP contribution is 2.28. The number of hydrogen-bond acceptors (Lipinski definition) is 6. The van der Waals surface area contributed by atoms with Gasteiger partial charge >= 0.3 is 0 Å². The lowest BCUT2D eigenvalue weighted by Crippen LogP contribution is -2.22. The standard InChI is InChI=1S/C21H25N5O2S/c1-24(2)19(27)17-8-5-7-16(13-17)15-29-21-23-22-20(25-10-3-4-11-25)26(21)14-18-9-6-12-28-18/h5-9,12-13H,3-4,10-11,14-15H2,1-2H3. The number of amides is 1. The van der Waals surface area contributed by atoms with Crippen LogP contribution in [0.4, 0.5) is 5.95 Å². The van der Waals surface area contributed by atoms with Crippen molar-refractivity contribution >= 4 is 23.6 Å². The van der Waals surface area contributed by atoms with E-state index in [1.165, 1.54) is 12.8 Å². The van der Waals surface area contributed by atoms with Crippen LogP contribution in [-0.2, 0) is 12.3 Å². The second kappa shape index (κ2) is 8.73. The van der Waals surface area contributed by atoms with Gasteiger partial charge in [-0.1, -0.05) is 23.9 Å². The number of aromatic nitrogens is 3. The topological polar surface area (TPSA) is 67.4 Å². The van der Waals surface area contributed by atoms with Gasteiger partial charge in [0, 0.05) is 38.5 Å². The van der Waals surface area contributed by atoms with E-state index in [4.69, 9.17) is 4.42 Å². The van der Waals surface area contributed by atoms with Crippen molar-refractivity contribution in [3.8, 4) is 0 Å². The highest BCUT2D eigenvalue weighted by atomic mass is 32.2. The van der Waals surface area contributed by atoms with Crippen LogP contribution in [0, 0.1) is 0 Å². The van der Waals surface area contributed by atoms with E-state index in [-0.39, 0.29) is 5.91 Å². The number of rotatable bonds is 7. The molecule has 1 aromatic carbocycles. The molecule has 3 heterocycles. The van der Waals surface area contributed by atoms with Gasteiger partial charge in [-0.25, -0.2) is 0 Å². The Morgan fingerprint density at radius 1 is 1.17 bits per heavy atom. The van der Waals surface area contributed by atoms with Gasteiger partial charge < -0.3 is 14.2 Å². The van der Waals surface area contributed by atoms with Crippen LogP contribution in [0.25, 0.3) is 0 Å². The van der Waals surface area contributed by atoms with Crippen molar-refractivity contribution < 1.29 is 9.21 Å². The molecule has 0 unspecified atom stereocenters. The number of nitrogens with zero attached hydrogens (tertiary/aromatic N) is 5. The second-order valence-electron chi connectivity index (χ2n) is 7.33. The van der Waals surface area contributed by atoms with Gasteiger partial charge in [0.1, 0.15) is 5.76 Å². The molecule has 0 spiro atoms. The third-order valence-electron chi connectivity index (χ3n) is 4.93. The molecule has 0 atom stereocenters. The monoisotopic (exact) mass is 411 g/mol. The first-order valence-electron chi connectivity index (χ1n) is 9.76. The lowest BCUT2D eigenvalue weighted by molar-refractivity contribution is 0.0827. The summed E-state index contributed by atoms with van der Waals surface area (Å²) in [5.74, 6) is 2.50. The zero-order chi connectivity index (χ0) is 20.2. The van der Waals surface area contributed by atoms with Crippen LogP contribution in [0.1, 0.15) is 34.5 Å². The zero-order valence-corrected chi connectivity index (χ0v) is 17.6. The van der Waals surface area contributed by atoms with E-state index >= 15 is 0 Å². The van der Waals surface area contributed by atoms with E-state index in [1.54, 1.807) is 37.0 Å². The van der Waals surface area contributed by atoms with E-state index < -0.39 is 0 Å². The van der Waals surface area contributed by atoms with Gasteiger partial charge in [0.25, 0.3) is 5.91 Å². The number of benzene rings is 1. The molecule has 8 heteroatoms. The number of anilines is 1. The van der Waals surface area contributed by atoms with Crippen molar-refractivity contribution in [2.75, 3.05) is 32.1 Å². The minimum absolute atomic E-state index is 0.00848. The molecule has 1 fully saturated rings. The summed E-state index contributed by atoms with van der Waals surface area (Å²) in [6.45, 7) is 2.62. The molecule has 0 N–H and O–H groups in total. The van der Waals surface area contributed by atoms with Crippen LogP contribution in [0.2, 0.25) is 0 Å². The minimum atomic E-state index is 0.00848. The molecule has 0 radical (unpaired) electrons. The summed E-state index contributed by atoms with van der Waals surface area (Å²) < 4.78 is 7.69. The van der Waals surface area contributed by atoms with Crippen molar-refractivity contribution in [3.05, 3.63) is 59.5 Å². The Morgan fingerprint density at radius 3 is 2.72 bits per heavy atom. The average molecular weight is 412 g/mol. The van der Waals surface area contributed by atoms with E-state index in [0.717, 1.165) is 35.5 Å². The van der Waals surface area contributed by atoms with Crippen molar-refractivity contribution in [2.24, 2.45) is 0 Å². The quantitative estimate of drug-likeness (QED) is 0.554. The number of hydrogen-bond donors (Lipinski definition) is 0. The van der Waals surface area contributed by atoms with Crippen molar-refractivity contribution in [1.82, 2.24) is 19.7 Å². The summed E-state index contributed by atoms with van der Waals surface area (Å²) in [7, 11) is 3.53. The molecule has 1 aliphatic rings. The molecule has 3 aromatic rings. The van der Waals surface area contributed by atoms with E-state index in [2.05, 4.69) is 19.7 Å². The molecular formula is C21H25N5O2S. The summed E-state index contributed by atoms with van der Waals surface area (Å²) in [6.07, 6.45) is 4.06. The maximum Gasteiger partial charge on any atom is 0.253 e. The van der Waals surface area contributed by atoms with E-state index in [1.807, 2.05) is 36.4 Å². The molecule has 2 aromatic heterocycles. The molecule has 0 saturated carbocycles. The van der Waals surface area contributed by atoms with Crippen LogP contribution in [0.3, 0.4) is 0 Å². The molecule has 152 valence electrons. The van der Waals surface area contributed by atoms with Crippen LogP contribution < -0.4 is 4.90 Å². The van der Waals surface area contributed by atoms with Crippen LogP contribution >= 0.6 is 11.8 Å². The van der Waals surface area contributed by atoms with Crippen LogP contribution in [0.5, 0.6) is 0 Å². The van der Waals surface area contributed by atoms with Crippen LogP contribution in [-0.4, -0.2) is 52.8 Å². The number of thioether (sulfide) groups is 1. The summed E-state index contributed by atoms with van der Waals surface area (Å²) >= 11 is 1.63. The Bertz CT molecular complexity index is 961. The third-order valence-corrected chi connectivity index (χ3v) is 5.97. The van der Waals surface area contributed by atoms with Gasteiger partial charge in [-0.2, -0.15) is 0 Å². The van der Waals surface area contributed by atoms with Gasteiger partial charge in [0.05, 0.1) is 12.8 Å². The molecule has 7 nitrogen and oxygen atoms in total. The number of furan rings is 1. The zero-order valence-electron chi connectivity index (χ0n) is 16.7. The van der Waals surface area contributed by atoms with E-state index in [9.17, 15) is 4.79 Å². The van der Waals surface area contributed by atoms with Gasteiger partial charge in [0.15, 0.2) is 5.16 Å². The normalized spacial score (nSPS) is 13.8. The summed E-state index contributed by atoms with van der Waals surface area (Å²) in [4.78, 5) is 16.1. The second-order valence-corrected chi connectivity index (χ2v) is 8.27. The predicted molar refractivity (Wildman–Crippen MR) is 113 cm³/mol. The molecule has 0 bridgehead atoms. The van der Waals surface area contributed by atoms with Gasteiger partial charge in [-0.05, 0) is 42.7 Å². The number of carbonyl (C=O) groups excluding carboxylic acids is 1. The highest BCUT2D eigenvalue weighted by molar-refractivity contribution is 7.98. The van der Waals surface area contributed by atoms with Crippen molar-refractivity contribution in [1.29, 1.82) is 0 Å². The third kappa shape index (κ3) is 4.48. The van der Waals surface area contributed by atoms with Gasteiger partial charge in [-0.15, -0.1) is 10.2 Å². The average Bonchev–Trinajstić information content (AvgIpc) is 3.48. The highest BCUT2D eigenvalue weighted by Gasteiger charge is 2.22. The summed E-state index contributed by atoms with van der Waals surface area (Å²) in [6, 6.07) is 11.6. The Balaban J connectivity index is 1.54. The summed E-state index contributed by atoms with van der Waals surface area (Å²) in [5.41, 5.74) is 1.78. The Morgan fingerprint density at radius 2 is 2.00 bits per heavy atom. The fraction of sp³-hybridized carbons (Fsp3) is 0.381.